The van der Waals surface area contributed by atoms with Gasteiger partial charge in [-0.3, -0.25) is 57.6 Å². The van der Waals surface area contributed by atoms with Gasteiger partial charge in [0.1, 0.15) is 42.0 Å². The minimum Gasteiger partial charge on any atom is -0.390 e. The second kappa shape index (κ2) is 37.6. The number of carbonyl (C=O) groups is 11. The topological polar surface area (TPSA) is 255 Å². The Morgan fingerprint density at radius 3 is 1.48 bits per heavy atom. The number of Topliss-reactive ketones (excluding diaryl/α,β-unsaturated/α-hetero) is 3. The van der Waals surface area contributed by atoms with Crippen molar-refractivity contribution in [3.05, 3.63) is 12.2 Å². The van der Waals surface area contributed by atoms with Gasteiger partial charge in [0.2, 0.25) is 47.3 Å². The van der Waals surface area contributed by atoms with E-state index in [0.717, 1.165) is 4.90 Å². The molecule has 2 rings (SSSR count). The van der Waals surface area contributed by atoms with Gasteiger partial charge in [0.05, 0.1) is 30.9 Å². The Morgan fingerprint density at radius 2 is 0.989 bits per heavy atom. The summed E-state index contributed by atoms with van der Waals surface area (Å²) in [6.07, 6.45) is 2.16. The maximum absolute atomic E-state index is 15.3. The van der Waals surface area contributed by atoms with Crippen LogP contribution < -0.4 is 5.32 Å². The molecular formula is C71H125N9O13. The predicted octanol–water partition coefficient (Wildman–Crippen LogP) is 6.63. The third-order valence-electron chi connectivity index (χ3n) is 19.5. The van der Waals surface area contributed by atoms with Gasteiger partial charge in [-0.1, -0.05) is 116 Å². The van der Waals surface area contributed by atoms with Crippen molar-refractivity contribution in [1.29, 1.82) is 0 Å². The van der Waals surface area contributed by atoms with E-state index in [-0.39, 0.29) is 86.4 Å². The van der Waals surface area contributed by atoms with Crippen LogP contribution in [-0.2, 0) is 57.5 Å². The Morgan fingerprint density at radius 1 is 0.516 bits per heavy atom. The monoisotopic (exact) mass is 1310 g/mol. The van der Waals surface area contributed by atoms with Gasteiger partial charge in [0.15, 0.2) is 11.6 Å². The van der Waals surface area contributed by atoms with Gasteiger partial charge in [-0.15, -0.1) is 0 Å². The minimum absolute atomic E-state index is 0.0186. The zero-order chi connectivity index (χ0) is 71.7. The average molecular weight is 1310 g/mol. The molecule has 0 saturated carbocycles. The molecule has 0 spiro atoms. The molecule has 2 aliphatic heterocycles. The highest BCUT2D eigenvalue weighted by Gasteiger charge is 2.47. The second-order valence-electron chi connectivity index (χ2n) is 29.7. The number of aliphatic hydroxyl groups excluding tert-OH is 1. The van der Waals surface area contributed by atoms with Crippen molar-refractivity contribution in [3.63, 3.8) is 0 Å². The van der Waals surface area contributed by atoms with Crippen LogP contribution in [0.3, 0.4) is 0 Å². The van der Waals surface area contributed by atoms with E-state index in [0.29, 0.717) is 26.1 Å². The van der Waals surface area contributed by atoms with E-state index in [1.807, 2.05) is 89.2 Å². The van der Waals surface area contributed by atoms with Gasteiger partial charge in [-0.25, -0.2) is 0 Å². The quantitative estimate of drug-likeness (QED) is 0.154. The van der Waals surface area contributed by atoms with Gasteiger partial charge in [-0.05, 0) is 101 Å². The van der Waals surface area contributed by atoms with Gasteiger partial charge in [0, 0.05) is 105 Å². The predicted molar refractivity (Wildman–Crippen MR) is 363 cm³/mol. The van der Waals surface area contributed by atoms with Gasteiger partial charge in [0.25, 0.3) is 0 Å². The Balaban J connectivity index is 3.07. The van der Waals surface area contributed by atoms with Crippen molar-refractivity contribution in [2.24, 2.45) is 59.2 Å². The van der Waals surface area contributed by atoms with Crippen molar-refractivity contribution in [3.8, 4) is 0 Å². The van der Waals surface area contributed by atoms with Crippen LogP contribution >= 0.6 is 0 Å². The molecule has 8 amide bonds. The van der Waals surface area contributed by atoms with E-state index in [9.17, 15) is 24.3 Å². The number of likely N-dealkylation sites (N-methyl/N-ethyl adjacent to an activating group) is 7. The fourth-order valence-corrected chi connectivity index (χ4v) is 13.3. The van der Waals surface area contributed by atoms with Crippen molar-refractivity contribution < 1.29 is 62.6 Å². The van der Waals surface area contributed by atoms with Crippen molar-refractivity contribution in [2.45, 2.75) is 250 Å². The van der Waals surface area contributed by atoms with Crippen LogP contribution in [0.15, 0.2) is 12.2 Å². The summed E-state index contributed by atoms with van der Waals surface area (Å²) in [4.78, 5) is 176. The minimum atomic E-state index is -1.62. The fraction of sp³-hybridized carbons (Fsp3) is 0.817. The second-order valence-corrected chi connectivity index (χ2v) is 29.7. The first kappa shape index (κ1) is 83.5. The lowest BCUT2D eigenvalue weighted by Gasteiger charge is -2.42. The summed E-state index contributed by atoms with van der Waals surface area (Å²) in [5, 5.41) is 15.1. The highest BCUT2D eigenvalue weighted by atomic mass is 16.5. The summed E-state index contributed by atoms with van der Waals surface area (Å²) >= 11 is 0. The maximum Gasteiger partial charge on any atom is 0.246 e. The number of hydrogen-bond donors (Lipinski definition) is 2. The Kier molecular flexibility index (Phi) is 33.8. The number of rotatable bonds is 16. The van der Waals surface area contributed by atoms with Crippen molar-refractivity contribution >= 4 is 64.6 Å². The third-order valence-corrected chi connectivity index (χ3v) is 19.5. The summed E-state index contributed by atoms with van der Waals surface area (Å²) in [7, 11) is 10.3. The molecule has 0 aliphatic carbocycles. The molecule has 22 nitrogen and oxygen atoms in total. The molecule has 0 aromatic rings. The Bertz CT molecular complexity index is 2570. The zero-order valence-electron chi connectivity index (χ0n) is 62.0. The fourth-order valence-electron chi connectivity index (χ4n) is 13.3. The highest BCUT2D eigenvalue weighted by Crippen LogP contribution is 2.30. The Labute approximate surface area is 559 Å². The van der Waals surface area contributed by atoms with E-state index < -0.39 is 149 Å². The molecular weight excluding hydrogens is 1190 g/mol. The summed E-state index contributed by atoms with van der Waals surface area (Å²) in [6.45, 7) is 35.8. The summed E-state index contributed by atoms with van der Waals surface area (Å²) in [6, 6.07) is -9.72. The van der Waals surface area contributed by atoms with Crippen LogP contribution in [0.5, 0.6) is 0 Å². The van der Waals surface area contributed by atoms with Crippen molar-refractivity contribution in [1.82, 2.24) is 44.5 Å². The van der Waals surface area contributed by atoms with E-state index >= 15 is 33.6 Å². The summed E-state index contributed by atoms with van der Waals surface area (Å²) in [5.74, 6) is -11.3. The molecule has 2 aliphatic rings. The lowest BCUT2D eigenvalue weighted by Crippen LogP contribution is -2.63. The SMILES string of the molecule is C/C=C/C[C@@H](C)[C@@H](O)[C@H]1C(=O)N[C@@H](CC)C(=O)N(C)[C@H](C)C(=O)N(C)[C@@H]([C@H](C)CN2C[C@H](C)OC[C@@H]2C)C(=O)C[C@@H](C(C)C)C(=O)N(C)[C@@H](CC(C)C)C(=O)C[C@@H](C)C(=O)C[C@H](C)C(=O)N(C)[C@@H](CC(C)C)C(=O)N(C)[C@@H](CC(C)C)C(=O)N(C)[C@@H](C(C)C)C(=O)N1C. The number of nitrogens with zero attached hydrogens (tertiary/aromatic N) is 8. The van der Waals surface area contributed by atoms with E-state index in [4.69, 9.17) is 4.74 Å². The van der Waals surface area contributed by atoms with Crippen LogP contribution in [0.25, 0.3) is 0 Å². The molecule has 0 unspecified atom stereocenters. The zero-order valence-corrected chi connectivity index (χ0v) is 62.0. The van der Waals surface area contributed by atoms with Crippen LogP contribution in [0, 0.1) is 59.2 Å². The normalized spacial score (nSPS) is 29.8. The number of allylic oxidation sites excluding steroid dienone is 2. The average Bonchev–Trinajstić information content (AvgIpc) is 0.860. The standard InChI is InChI=1S/C71H125N9O13/c1-27-29-30-45(13)63(84)62-64(85)72-53(28-2)68(89)73(20)51(19)66(87)78(25)61(48(16)37-80-38-50(18)93-39-49(80)17)59(83)36-52(43(9)10)67(88)74(21)54(31-40(3)4)58(82)34-46(14)57(81)35-47(15)65(86)75(22)55(32-41(5)6)69(90)76(23)56(33-42(7)8)70(91)77(24)60(44(11)12)71(92)79(62)26/h27,29,40-56,60-63,84H,28,30-39H2,1-26H3,(H,72,85)/b29-27+/t45-,46-,47+,48-,49+,50+,51-,52+,53+,54+,55+,56+,60+,61+,62+,63-/m1/s1. The number of morpholine rings is 1. The molecule has 16 atom stereocenters. The molecule has 0 aromatic heterocycles. The van der Waals surface area contributed by atoms with Gasteiger partial charge < -0.3 is 49.5 Å². The first-order valence-electron chi connectivity index (χ1n) is 34.4. The molecule has 2 heterocycles. The largest absolute Gasteiger partial charge is 0.390 e. The molecule has 0 bridgehead atoms. The summed E-state index contributed by atoms with van der Waals surface area (Å²) < 4.78 is 5.94. The lowest BCUT2D eigenvalue weighted by atomic mass is 9.83. The van der Waals surface area contributed by atoms with Crippen LogP contribution in [0.1, 0.15) is 183 Å². The molecule has 93 heavy (non-hydrogen) atoms. The summed E-state index contributed by atoms with van der Waals surface area (Å²) in [5.41, 5.74) is 0. The Hall–Kier alpha value is -5.61. The highest BCUT2D eigenvalue weighted by molar-refractivity contribution is 6.00. The molecule has 532 valence electrons. The molecule has 2 fully saturated rings. The van der Waals surface area contributed by atoms with Crippen LogP contribution in [-0.4, -0.2) is 245 Å². The smallest absolute Gasteiger partial charge is 0.246 e. The maximum atomic E-state index is 15.3. The number of amides is 8. The van der Waals surface area contributed by atoms with Gasteiger partial charge >= 0.3 is 0 Å². The van der Waals surface area contributed by atoms with Crippen LogP contribution in [0.2, 0.25) is 0 Å². The number of hydrogen-bond acceptors (Lipinski definition) is 14. The third kappa shape index (κ3) is 22.5. The molecule has 0 radical (unpaired) electrons. The van der Waals surface area contributed by atoms with E-state index in [1.165, 1.54) is 78.6 Å². The molecule has 2 N–H and O–H groups in total. The lowest BCUT2D eigenvalue weighted by molar-refractivity contribution is -0.157. The van der Waals surface area contributed by atoms with Crippen LogP contribution in [0.4, 0.5) is 0 Å². The number of aliphatic hydroxyl groups is 1. The number of nitrogens with one attached hydrogen (secondary N) is 1. The molecule has 2 saturated heterocycles. The molecule has 22 heteroatoms. The number of ketones is 3. The number of ether oxygens (including phenoxy) is 1. The first-order chi connectivity index (χ1) is 43.0. The molecule has 0 aromatic carbocycles. The number of carbonyl (C=O) groups excluding carboxylic acids is 11. The first-order valence-corrected chi connectivity index (χ1v) is 34.4. The van der Waals surface area contributed by atoms with Gasteiger partial charge in [-0.2, -0.15) is 0 Å². The van der Waals surface area contributed by atoms with Crippen molar-refractivity contribution in [2.75, 3.05) is 69.0 Å². The van der Waals surface area contributed by atoms with E-state index in [1.54, 1.807) is 54.7 Å². The van der Waals surface area contributed by atoms with E-state index in [2.05, 4.69) is 10.2 Å².